The molecule has 1 aliphatic heterocycles. The lowest BCUT2D eigenvalue weighted by Crippen LogP contribution is -2.36. The fourth-order valence-corrected chi connectivity index (χ4v) is 3.38. The summed E-state index contributed by atoms with van der Waals surface area (Å²) >= 11 is 0. The highest BCUT2D eigenvalue weighted by Crippen LogP contribution is 2.31. The molecule has 0 unspecified atom stereocenters. The van der Waals surface area contributed by atoms with Gasteiger partial charge in [-0.2, -0.15) is 4.98 Å². The number of aromatic nitrogens is 2. The Morgan fingerprint density at radius 2 is 1.85 bits per heavy atom. The van der Waals surface area contributed by atoms with Crippen molar-refractivity contribution in [2.24, 2.45) is 5.92 Å². The fraction of sp³-hybridized carbons (Fsp3) is 0.632. The Balaban J connectivity index is 1.88. The molecule has 0 aliphatic carbocycles. The topological polar surface area (TPSA) is 90.4 Å². The maximum Gasteiger partial charge on any atom is 0.255 e. The smallest absolute Gasteiger partial charge is 0.255 e. The van der Waals surface area contributed by atoms with Gasteiger partial charge in [-0.3, -0.25) is 4.79 Å². The summed E-state index contributed by atoms with van der Waals surface area (Å²) in [7, 11) is 0. The Morgan fingerprint density at radius 3 is 2.38 bits per heavy atom. The minimum Gasteiger partial charge on any atom is -0.466 e. The maximum atomic E-state index is 13.0. The summed E-state index contributed by atoms with van der Waals surface area (Å²) in [5.41, 5.74) is 1.45. The average Bonchev–Trinajstić information content (AvgIpc) is 3.19. The van der Waals surface area contributed by atoms with E-state index < -0.39 is 0 Å². The predicted molar refractivity (Wildman–Crippen MR) is 95.1 cm³/mol. The van der Waals surface area contributed by atoms with E-state index in [1.54, 1.807) is 0 Å². The van der Waals surface area contributed by atoms with Crippen LogP contribution < -0.4 is 5.32 Å². The minimum absolute atomic E-state index is 0.166. The van der Waals surface area contributed by atoms with Gasteiger partial charge < -0.3 is 19.0 Å². The molecular formula is C19H27N3O4. The molecular weight excluding hydrogens is 334 g/mol. The summed E-state index contributed by atoms with van der Waals surface area (Å²) in [6.07, 6.45) is 1.68. The SMILES string of the molecule is Cc1oc(C)c(C(=O)N[C@@H](c2nc(C(C)C)no2)C2CCOCC2)c1C. The van der Waals surface area contributed by atoms with Crippen LogP contribution in [0, 0.1) is 26.7 Å². The van der Waals surface area contributed by atoms with Crippen molar-refractivity contribution in [1.82, 2.24) is 15.5 Å². The molecule has 1 aliphatic rings. The highest BCUT2D eigenvalue weighted by Gasteiger charge is 2.33. The van der Waals surface area contributed by atoms with Gasteiger partial charge in [-0.05, 0) is 39.5 Å². The van der Waals surface area contributed by atoms with Gasteiger partial charge in [0.1, 0.15) is 17.6 Å². The van der Waals surface area contributed by atoms with E-state index in [2.05, 4.69) is 15.5 Å². The zero-order valence-electron chi connectivity index (χ0n) is 16.1. The molecule has 1 atom stereocenters. The molecule has 26 heavy (non-hydrogen) atoms. The van der Waals surface area contributed by atoms with Gasteiger partial charge >= 0.3 is 0 Å². The Bertz CT molecular complexity index is 772. The van der Waals surface area contributed by atoms with Gasteiger partial charge in [0.2, 0.25) is 5.89 Å². The van der Waals surface area contributed by atoms with E-state index in [0.717, 1.165) is 24.2 Å². The Labute approximate surface area is 153 Å². The number of aryl methyl sites for hydroxylation is 2. The Morgan fingerprint density at radius 1 is 1.15 bits per heavy atom. The Hall–Kier alpha value is -2.15. The number of rotatable bonds is 5. The molecule has 1 N–H and O–H groups in total. The van der Waals surface area contributed by atoms with Gasteiger partial charge in [0.25, 0.3) is 5.91 Å². The lowest BCUT2D eigenvalue weighted by Gasteiger charge is -2.28. The standard InChI is InChI=1S/C19H27N3O4/c1-10(2)17-21-19(26-22-17)16(14-6-8-24-9-7-14)20-18(23)15-11(3)12(4)25-13(15)5/h10,14,16H,6-9H2,1-5H3,(H,20,23)/t16-/m1/s1. The van der Waals surface area contributed by atoms with Crippen molar-refractivity contribution in [3.63, 3.8) is 0 Å². The molecule has 2 aromatic heterocycles. The van der Waals surface area contributed by atoms with Crippen LogP contribution >= 0.6 is 0 Å². The quantitative estimate of drug-likeness (QED) is 0.875. The van der Waals surface area contributed by atoms with Crippen molar-refractivity contribution in [1.29, 1.82) is 0 Å². The van der Waals surface area contributed by atoms with Crippen molar-refractivity contribution in [3.8, 4) is 0 Å². The summed E-state index contributed by atoms with van der Waals surface area (Å²) in [4.78, 5) is 17.5. The molecule has 1 amide bonds. The van der Waals surface area contributed by atoms with Crippen molar-refractivity contribution in [3.05, 3.63) is 34.4 Å². The summed E-state index contributed by atoms with van der Waals surface area (Å²) in [5, 5.41) is 7.18. The molecule has 1 saturated heterocycles. The molecule has 0 bridgehead atoms. The highest BCUT2D eigenvalue weighted by molar-refractivity contribution is 5.97. The molecule has 2 aromatic rings. The molecule has 0 aromatic carbocycles. The van der Waals surface area contributed by atoms with Crippen LogP contribution in [0.1, 0.15) is 77.8 Å². The van der Waals surface area contributed by atoms with Crippen molar-refractivity contribution >= 4 is 5.91 Å². The van der Waals surface area contributed by atoms with Crippen molar-refractivity contribution < 1.29 is 18.5 Å². The van der Waals surface area contributed by atoms with Gasteiger partial charge in [-0.15, -0.1) is 0 Å². The van der Waals surface area contributed by atoms with E-state index in [1.807, 2.05) is 34.6 Å². The first kappa shape index (κ1) is 18.6. The number of nitrogens with one attached hydrogen (secondary N) is 1. The molecule has 0 spiro atoms. The second-order valence-corrected chi connectivity index (χ2v) is 7.26. The van der Waals surface area contributed by atoms with Gasteiger partial charge in [-0.25, -0.2) is 0 Å². The molecule has 7 nitrogen and oxygen atoms in total. The van der Waals surface area contributed by atoms with Crippen LogP contribution in [0.4, 0.5) is 0 Å². The van der Waals surface area contributed by atoms with E-state index in [1.165, 1.54) is 0 Å². The first-order valence-electron chi connectivity index (χ1n) is 9.17. The van der Waals surface area contributed by atoms with E-state index in [0.29, 0.717) is 36.3 Å². The lowest BCUT2D eigenvalue weighted by molar-refractivity contribution is 0.0467. The normalized spacial score (nSPS) is 16.8. The number of hydrogen-bond donors (Lipinski definition) is 1. The van der Waals surface area contributed by atoms with Crippen LogP contribution in [0.2, 0.25) is 0 Å². The number of nitrogens with zero attached hydrogens (tertiary/aromatic N) is 2. The van der Waals surface area contributed by atoms with Crippen LogP contribution in [0.3, 0.4) is 0 Å². The number of ether oxygens (including phenoxy) is 1. The summed E-state index contributed by atoms with van der Waals surface area (Å²) in [6, 6.07) is -0.333. The molecule has 7 heteroatoms. The molecule has 0 radical (unpaired) electrons. The molecule has 0 saturated carbocycles. The van der Waals surface area contributed by atoms with E-state index in [4.69, 9.17) is 13.7 Å². The number of hydrogen-bond acceptors (Lipinski definition) is 6. The first-order valence-corrected chi connectivity index (χ1v) is 9.17. The summed E-state index contributed by atoms with van der Waals surface area (Å²) in [5.74, 6) is 2.69. The number of carbonyl (C=O) groups is 1. The maximum absolute atomic E-state index is 13.0. The van der Waals surface area contributed by atoms with Gasteiger partial charge in [0.05, 0.1) is 5.56 Å². The lowest BCUT2D eigenvalue weighted by atomic mass is 9.91. The Kier molecular flexibility index (Phi) is 5.46. The highest BCUT2D eigenvalue weighted by atomic mass is 16.5. The molecule has 3 heterocycles. The zero-order valence-corrected chi connectivity index (χ0v) is 16.1. The zero-order chi connectivity index (χ0) is 18.8. The molecule has 3 rings (SSSR count). The second kappa shape index (κ2) is 7.61. The summed E-state index contributed by atoms with van der Waals surface area (Å²) in [6.45, 7) is 10.9. The fourth-order valence-electron chi connectivity index (χ4n) is 3.38. The van der Waals surface area contributed by atoms with Crippen LogP contribution in [0.15, 0.2) is 8.94 Å². The third-order valence-corrected chi connectivity index (χ3v) is 5.05. The number of carbonyl (C=O) groups excluding carboxylic acids is 1. The van der Waals surface area contributed by atoms with Crippen LogP contribution in [-0.2, 0) is 4.74 Å². The molecule has 1 fully saturated rings. The largest absolute Gasteiger partial charge is 0.466 e. The monoisotopic (exact) mass is 361 g/mol. The van der Waals surface area contributed by atoms with Crippen LogP contribution in [0.5, 0.6) is 0 Å². The van der Waals surface area contributed by atoms with Crippen LogP contribution in [-0.4, -0.2) is 29.3 Å². The third-order valence-electron chi connectivity index (χ3n) is 5.05. The van der Waals surface area contributed by atoms with Gasteiger partial charge in [-0.1, -0.05) is 19.0 Å². The van der Waals surface area contributed by atoms with Gasteiger partial charge in [0, 0.05) is 24.7 Å². The predicted octanol–water partition coefficient (Wildman–Crippen LogP) is 3.61. The first-order chi connectivity index (χ1) is 12.4. The minimum atomic E-state index is -0.333. The van der Waals surface area contributed by atoms with E-state index in [-0.39, 0.29) is 23.8 Å². The number of amides is 1. The van der Waals surface area contributed by atoms with E-state index >= 15 is 0 Å². The van der Waals surface area contributed by atoms with Gasteiger partial charge in [0.15, 0.2) is 5.82 Å². The van der Waals surface area contributed by atoms with E-state index in [9.17, 15) is 4.79 Å². The summed E-state index contributed by atoms with van der Waals surface area (Å²) < 4.78 is 16.6. The van der Waals surface area contributed by atoms with Crippen LogP contribution in [0.25, 0.3) is 0 Å². The molecule has 142 valence electrons. The third kappa shape index (κ3) is 3.67. The second-order valence-electron chi connectivity index (χ2n) is 7.26. The van der Waals surface area contributed by atoms with Crippen molar-refractivity contribution in [2.45, 2.75) is 59.4 Å². The number of furan rings is 1. The average molecular weight is 361 g/mol. The van der Waals surface area contributed by atoms with Crippen molar-refractivity contribution in [2.75, 3.05) is 13.2 Å².